The Kier molecular flexibility index (Phi) is 6.59. The molecule has 2 atom stereocenters. The predicted octanol–water partition coefficient (Wildman–Crippen LogP) is 4.46. The van der Waals surface area contributed by atoms with Crippen LogP contribution in [-0.2, 0) is 15.8 Å². The third kappa shape index (κ3) is 4.93. The Morgan fingerprint density at radius 2 is 1.69 bits per heavy atom. The number of alkyl halides is 7. The van der Waals surface area contributed by atoms with Crippen LogP contribution in [-0.4, -0.2) is 36.5 Å². The number of nitrogens with one attached hydrogen (secondary N) is 1. The molecule has 12 heteroatoms. The minimum atomic E-state index is -5.19. The largest absolute Gasteiger partial charge is 0.481 e. The van der Waals surface area contributed by atoms with Crippen molar-refractivity contribution in [3.05, 3.63) is 59.7 Å². The maximum absolute atomic E-state index is 13.2. The van der Waals surface area contributed by atoms with Crippen molar-refractivity contribution in [1.29, 1.82) is 0 Å². The Balaban J connectivity index is 2.11. The lowest BCUT2D eigenvalue weighted by atomic mass is 9.96. The minimum absolute atomic E-state index is 0.0938. The van der Waals surface area contributed by atoms with Gasteiger partial charge in [-0.15, -0.1) is 11.6 Å². The number of halogens is 7. The zero-order chi connectivity index (χ0) is 23.7. The SMILES string of the molecule is O=C(CCl)N1c2cc(C(F)(F)F)ccc2OC(c2ccccc2)C1CNC(=O)C(F)(F)F. The molecule has 172 valence electrons. The van der Waals surface area contributed by atoms with Gasteiger partial charge in [0.15, 0.2) is 0 Å². The van der Waals surface area contributed by atoms with Crippen LogP contribution in [0.5, 0.6) is 5.75 Å². The van der Waals surface area contributed by atoms with Gasteiger partial charge < -0.3 is 10.1 Å². The maximum Gasteiger partial charge on any atom is 0.471 e. The van der Waals surface area contributed by atoms with Gasteiger partial charge in [0.1, 0.15) is 17.7 Å². The second kappa shape index (κ2) is 8.89. The number of ether oxygens (including phenoxy) is 1. The van der Waals surface area contributed by atoms with Gasteiger partial charge in [0.25, 0.3) is 0 Å². The molecule has 0 fully saturated rings. The lowest BCUT2D eigenvalue weighted by molar-refractivity contribution is -0.173. The summed E-state index contributed by atoms with van der Waals surface area (Å²) in [5.74, 6) is -3.90. The Hall–Kier alpha value is -2.95. The lowest BCUT2D eigenvalue weighted by Crippen LogP contribution is -2.55. The summed E-state index contributed by atoms with van der Waals surface area (Å²) in [5.41, 5.74) is -0.982. The van der Waals surface area contributed by atoms with Crippen molar-refractivity contribution >= 4 is 29.1 Å². The number of hydrogen-bond acceptors (Lipinski definition) is 3. The average Bonchev–Trinajstić information content (AvgIpc) is 2.74. The molecule has 32 heavy (non-hydrogen) atoms. The van der Waals surface area contributed by atoms with Crippen LogP contribution in [0, 0.1) is 0 Å². The standard InChI is InChI=1S/C20H15ClF6N2O3/c21-9-16(30)29-13-8-12(19(22,23)24)6-7-15(13)32-17(11-4-2-1-3-5-11)14(29)10-28-18(31)20(25,26)27/h1-8,14,17H,9-10H2,(H,28,31). The number of carbonyl (C=O) groups excluding carboxylic acids is 2. The number of rotatable bonds is 4. The van der Waals surface area contributed by atoms with Crippen LogP contribution < -0.4 is 15.0 Å². The van der Waals surface area contributed by atoms with Crippen LogP contribution >= 0.6 is 11.6 Å². The highest BCUT2D eigenvalue weighted by molar-refractivity contribution is 6.29. The molecule has 0 radical (unpaired) electrons. The highest BCUT2D eigenvalue weighted by Crippen LogP contribution is 2.44. The topological polar surface area (TPSA) is 58.6 Å². The lowest BCUT2D eigenvalue weighted by Gasteiger charge is -2.42. The molecule has 0 bridgehead atoms. The van der Waals surface area contributed by atoms with Gasteiger partial charge in [-0.3, -0.25) is 14.5 Å². The summed E-state index contributed by atoms with van der Waals surface area (Å²) in [6, 6.07) is 9.15. The van der Waals surface area contributed by atoms with Crippen LogP contribution in [0.15, 0.2) is 48.5 Å². The fourth-order valence-corrected chi connectivity index (χ4v) is 3.45. The number of hydrogen-bond donors (Lipinski definition) is 1. The van der Waals surface area contributed by atoms with Gasteiger partial charge in [-0.2, -0.15) is 26.3 Å². The summed E-state index contributed by atoms with van der Waals surface area (Å²) in [7, 11) is 0. The molecule has 2 aromatic carbocycles. The van der Waals surface area contributed by atoms with E-state index in [1.54, 1.807) is 35.6 Å². The molecule has 1 aliphatic heterocycles. The molecular weight excluding hydrogens is 466 g/mol. The van der Waals surface area contributed by atoms with Crippen molar-refractivity contribution < 1.29 is 40.7 Å². The number of amides is 2. The van der Waals surface area contributed by atoms with Crippen molar-refractivity contribution in [1.82, 2.24) is 5.32 Å². The zero-order valence-corrected chi connectivity index (χ0v) is 16.8. The van der Waals surface area contributed by atoms with Crippen molar-refractivity contribution in [2.45, 2.75) is 24.5 Å². The first-order valence-corrected chi connectivity index (χ1v) is 9.63. The van der Waals surface area contributed by atoms with Crippen LogP contribution in [0.4, 0.5) is 32.0 Å². The molecule has 2 aromatic rings. The number of fused-ring (bicyclic) bond motifs is 1. The fourth-order valence-electron chi connectivity index (χ4n) is 3.32. The molecule has 5 nitrogen and oxygen atoms in total. The quantitative estimate of drug-likeness (QED) is 0.519. The smallest absolute Gasteiger partial charge is 0.471 e. The van der Waals surface area contributed by atoms with E-state index in [4.69, 9.17) is 16.3 Å². The summed E-state index contributed by atoms with van der Waals surface area (Å²) in [6.07, 6.45) is -11.0. The molecule has 0 aliphatic carbocycles. The number of benzene rings is 2. The van der Waals surface area contributed by atoms with Gasteiger partial charge in [-0.25, -0.2) is 0 Å². The van der Waals surface area contributed by atoms with Crippen molar-refractivity contribution in [2.24, 2.45) is 0 Å². The van der Waals surface area contributed by atoms with Gasteiger partial charge in [-0.1, -0.05) is 30.3 Å². The highest BCUT2D eigenvalue weighted by atomic mass is 35.5. The molecule has 2 unspecified atom stereocenters. The summed E-state index contributed by atoms with van der Waals surface area (Å²) < 4.78 is 83.6. The van der Waals surface area contributed by atoms with Crippen LogP contribution in [0.3, 0.4) is 0 Å². The van der Waals surface area contributed by atoms with E-state index in [1.807, 2.05) is 0 Å². The molecule has 0 spiro atoms. The first kappa shape index (κ1) is 23.7. The first-order chi connectivity index (χ1) is 14.9. The van der Waals surface area contributed by atoms with Crippen LogP contribution in [0.2, 0.25) is 0 Å². The summed E-state index contributed by atoms with van der Waals surface area (Å²) in [4.78, 5) is 24.9. The molecule has 0 saturated carbocycles. The van der Waals surface area contributed by atoms with E-state index in [2.05, 4.69) is 0 Å². The highest BCUT2D eigenvalue weighted by Gasteiger charge is 2.44. The van der Waals surface area contributed by atoms with E-state index in [9.17, 15) is 35.9 Å². The van der Waals surface area contributed by atoms with E-state index in [1.165, 1.54) is 0 Å². The molecular formula is C20H15ClF6N2O3. The second-order valence-electron chi connectivity index (χ2n) is 6.80. The van der Waals surface area contributed by atoms with Crippen molar-refractivity contribution in [3.63, 3.8) is 0 Å². The minimum Gasteiger partial charge on any atom is -0.481 e. The second-order valence-corrected chi connectivity index (χ2v) is 7.07. The zero-order valence-electron chi connectivity index (χ0n) is 16.0. The molecule has 3 rings (SSSR count). The van der Waals surface area contributed by atoms with Gasteiger partial charge in [0.05, 0.1) is 17.3 Å². The number of carbonyl (C=O) groups is 2. The fraction of sp³-hybridized carbons (Fsp3) is 0.300. The van der Waals surface area contributed by atoms with Crippen molar-refractivity contribution in [2.75, 3.05) is 17.3 Å². The number of anilines is 1. The summed E-state index contributed by atoms with van der Waals surface area (Å²) in [6.45, 7) is -0.754. The van der Waals surface area contributed by atoms with Gasteiger partial charge >= 0.3 is 18.3 Å². The number of nitrogens with zero attached hydrogens (tertiary/aromatic N) is 1. The first-order valence-electron chi connectivity index (χ1n) is 9.09. The molecule has 0 saturated heterocycles. The predicted molar refractivity (Wildman–Crippen MR) is 102 cm³/mol. The molecule has 1 aliphatic rings. The van der Waals surface area contributed by atoms with E-state index in [-0.39, 0.29) is 11.4 Å². The normalized spacial score (nSPS) is 18.5. The summed E-state index contributed by atoms with van der Waals surface area (Å²) in [5, 5.41) is 1.67. The molecule has 0 aromatic heterocycles. The van der Waals surface area contributed by atoms with Crippen molar-refractivity contribution in [3.8, 4) is 5.75 Å². The molecule has 1 N–H and O–H groups in total. The molecule has 1 heterocycles. The third-order valence-electron chi connectivity index (χ3n) is 4.72. The van der Waals surface area contributed by atoms with Gasteiger partial charge in [0, 0.05) is 6.54 Å². The Morgan fingerprint density at radius 3 is 2.25 bits per heavy atom. The third-order valence-corrected chi connectivity index (χ3v) is 4.95. The van der Waals surface area contributed by atoms with Gasteiger partial charge in [0.2, 0.25) is 5.91 Å². The van der Waals surface area contributed by atoms with Crippen LogP contribution in [0.25, 0.3) is 0 Å². The van der Waals surface area contributed by atoms with E-state index < -0.39 is 54.3 Å². The Bertz CT molecular complexity index is 997. The monoisotopic (exact) mass is 480 g/mol. The van der Waals surface area contributed by atoms with E-state index >= 15 is 0 Å². The molecule has 2 amide bonds. The average molecular weight is 481 g/mol. The summed E-state index contributed by atoms with van der Waals surface area (Å²) >= 11 is 5.65. The maximum atomic E-state index is 13.2. The van der Waals surface area contributed by atoms with Crippen LogP contribution in [0.1, 0.15) is 17.2 Å². The Labute approximate surface area is 182 Å². The van der Waals surface area contributed by atoms with E-state index in [0.717, 1.165) is 17.0 Å². The van der Waals surface area contributed by atoms with E-state index in [0.29, 0.717) is 11.6 Å². The van der Waals surface area contributed by atoms with Gasteiger partial charge in [-0.05, 0) is 23.8 Å². The Morgan fingerprint density at radius 1 is 1.03 bits per heavy atom.